The normalized spacial score (nSPS) is 15.3. The fraction of sp³-hybridized carbons (Fsp3) is 1.00. The Bertz CT molecular complexity index is 85.7. The molecule has 0 aliphatic carbocycles. The van der Waals surface area contributed by atoms with Gasteiger partial charge in [0.1, 0.15) is 0 Å². The Kier molecular flexibility index (Phi) is 5.49. The summed E-state index contributed by atoms with van der Waals surface area (Å²) in [6.45, 7) is 9.31. The van der Waals surface area contributed by atoms with Crippen LogP contribution in [0, 0.1) is 0 Å². The van der Waals surface area contributed by atoms with Crippen LogP contribution in [0.4, 0.5) is 0 Å². The highest BCUT2D eigenvalue weighted by Crippen LogP contribution is 2.56. The minimum Gasteiger partial charge on any atom is -0.0654 e. The number of rotatable bonds is 3. The fourth-order valence-electron chi connectivity index (χ4n) is 0.632. The maximum Gasteiger partial charge on any atom is -0.00891 e. The molecule has 1 unspecified atom stereocenters. The lowest BCUT2D eigenvalue weighted by Crippen LogP contribution is -2.09. The first-order chi connectivity index (χ1) is 4.48. The summed E-state index contributed by atoms with van der Waals surface area (Å²) < 4.78 is 0. The molecular formula is C8H18IP. The smallest absolute Gasteiger partial charge is 0.00891 e. The molecule has 0 aromatic rings. The van der Waals surface area contributed by atoms with Crippen LogP contribution in [0.15, 0.2) is 0 Å². The molecule has 0 aliphatic rings. The molecule has 0 radical (unpaired) electrons. The van der Waals surface area contributed by atoms with Crippen molar-refractivity contribution < 1.29 is 0 Å². The van der Waals surface area contributed by atoms with Crippen LogP contribution in [0.1, 0.15) is 40.5 Å². The van der Waals surface area contributed by atoms with E-state index in [2.05, 4.69) is 49.7 Å². The molecule has 0 N–H and O–H groups in total. The Balaban J connectivity index is 3.52. The topological polar surface area (TPSA) is 0 Å². The maximum absolute atomic E-state index is 2.64. The van der Waals surface area contributed by atoms with Gasteiger partial charge in [0.25, 0.3) is 0 Å². The van der Waals surface area contributed by atoms with Crippen LogP contribution in [0.5, 0.6) is 0 Å². The van der Waals surface area contributed by atoms with Crippen molar-refractivity contribution in [2.45, 2.75) is 45.7 Å². The van der Waals surface area contributed by atoms with Gasteiger partial charge in [0.15, 0.2) is 0 Å². The van der Waals surface area contributed by atoms with E-state index in [-0.39, 0.29) is 5.56 Å². The maximum atomic E-state index is 2.64. The van der Waals surface area contributed by atoms with Crippen molar-refractivity contribution >= 4 is 27.6 Å². The van der Waals surface area contributed by atoms with E-state index in [1.807, 2.05) is 0 Å². The molecule has 1 atom stereocenters. The molecule has 0 heterocycles. The van der Waals surface area contributed by atoms with Gasteiger partial charge in [-0.15, -0.1) is 0 Å². The predicted molar refractivity (Wildman–Crippen MR) is 60.5 cm³/mol. The van der Waals surface area contributed by atoms with Crippen molar-refractivity contribution in [3.05, 3.63) is 0 Å². The van der Waals surface area contributed by atoms with Crippen LogP contribution >= 0.6 is 27.6 Å². The van der Waals surface area contributed by atoms with E-state index in [0.717, 1.165) is 0 Å². The van der Waals surface area contributed by atoms with Crippen LogP contribution in [0.3, 0.4) is 0 Å². The van der Waals surface area contributed by atoms with E-state index in [1.54, 1.807) is 0 Å². The second kappa shape index (κ2) is 4.92. The average Bonchev–Trinajstić information content (AvgIpc) is 1.80. The minimum absolute atomic E-state index is 0.243. The van der Waals surface area contributed by atoms with Gasteiger partial charge in [-0.2, -0.15) is 0 Å². The lowest BCUT2D eigenvalue weighted by molar-refractivity contribution is 0.782. The first-order valence-electron chi connectivity index (χ1n) is 3.92. The zero-order valence-corrected chi connectivity index (χ0v) is 10.5. The highest BCUT2D eigenvalue weighted by atomic mass is 127. The second-order valence-electron chi connectivity index (χ2n) is 3.61. The molecule has 0 rings (SSSR count). The van der Waals surface area contributed by atoms with Crippen LogP contribution < -0.4 is 0 Å². The van der Waals surface area contributed by atoms with Gasteiger partial charge < -0.3 is 0 Å². The Hall–Kier alpha value is 1.16. The van der Waals surface area contributed by atoms with Crippen LogP contribution in [0.25, 0.3) is 0 Å². The van der Waals surface area contributed by atoms with E-state index in [1.165, 1.54) is 19.0 Å². The predicted octanol–water partition coefficient (Wildman–Crippen LogP) is 4.42. The summed E-state index contributed by atoms with van der Waals surface area (Å²) in [5.41, 5.74) is 0.243. The van der Waals surface area contributed by atoms with E-state index in [0.29, 0.717) is 5.16 Å². The van der Waals surface area contributed by atoms with E-state index < -0.39 is 0 Å². The number of unbranched alkanes of at least 4 members (excludes halogenated alkanes) is 1. The highest BCUT2D eigenvalue weighted by molar-refractivity contribution is 14.2. The molecule has 0 nitrogen and oxygen atoms in total. The molecule has 62 valence electrons. The van der Waals surface area contributed by atoms with Gasteiger partial charge in [-0.3, -0.25) is 0 Å². The van der Waals surface area contributed by atoms with Gasteiger partial charge in [-0.25, -0.2) is 0 Å². The van der Waals surface area contributed by atoms with Crippen molar-refractivity contribution in [1.82, 2.24) is 0 Å². The third-order valence-electron chi connectivity index (χ3n) is 1.44. The summed E-state index contributed by atoms with van der Waals surface area (Å²) >= 11 is 2.64. The third kappa shape index (κ3) is 4.90. The minimum atomic E-state index is 0.243. The molecule has 0 amide bonds. The molecule has 0 aromatic carbocycles. The molecular weight excluding hydrogens is 254 g/mol. The second-order valence-corrected chi connectivity index (χ2v) is 9.62. The van der Waals surface area contributed by atoms with Crippen LogP contribution in [-0.4, -0.2) is 11.3 Å². The van der Waals surface area contributed by atoms with Crippen molar-refractivity contribution in [2.24, 2.45) is 0 Å². The van der Waals surface area contributed by atoms with Crippen molar-refractivity contribution in [3.63, 3.8) is 0 Å². The molecule has 0 aromatic heterocycles. The molecule has 0 spiro atoms. The summed E-state index contributed by atoms with van der Waals surface area (Å²) in [7, 11) is 0. The standard InChI is InChI=1S/C8H18IP/c1-5-6-7-10(9)8(2,3)4/h5-7H2,1-4H3. The van der Waals surface area contributed by atoms with E-state index in [4.69, 9.17) is 0 Å². The Labute approximate surface area is 79.4 Å². The SMILES string of the molecule is CCCCP(I)C(C)(C)C. The summed E-state index contributed by atoms with van der Waals surface area (Å²) in [5.74, 6) is 0. The lowest BCUT2D eigenvalue weighted by Gasteiger charge is -2.25. The average molecular weight is 272 g/mol. The number of hydrogen-bond acceptors (Lipinski definition) is 0. The van der Waals surface area contributed by atoms with Crippen molar-refractivity contribution in [2.75, 3.05) is 6.16 Å². The lowest BCUT2D eigenvalue weighted by atomic mass is 10.3. The zero-order chi connectivity index (χ0) is 8.20. The van der Waals surface area contributed by atoms with Crippen molar-refractivity contribution in [3.8, 4) is 0 Å². The van der Waals surface area contributed by atoms with E-state index in [9.17, 15) is 0 Å². The highest BCUT2D eigenvalue weighted by Gasteiger charge is 2.19. The summed E-state index contributed by atoms with van der Waals surface area (Å²) in [6.07, 6.45) is 4.19. The van der Waals surface area contributed by atoms with Gasteiger partial charge in [0.05, 0.1) is 0 Å². The largest absolute Gasteiger partial charge is 0.0654 e. The number of halogens is 1. The third-order valence-corrected chi connectivity index (χ3v) is 9.39. The van der Waals surface area contributed by atoms with Gasteiger partial charge in [-0.1, -0.05) is 56.2 Å². The van der Waals surface area contributed by atoms with Gasteiger partial charge in [0.2, 0.25) is 0 Å². The zero-order valence-electron chi connectivity index (χ0n) is 7.45. The molecule has 0 saturated heterocycles. The molecule has 0 bridgehead atoms. The fourth-order valence-corrected chi connectivity index (χ4v) is 2.92. The van der Waals surface area contributed by atoms with Crippen LogP contribution in [0.2, 0.25) is 0 Å². The number of hydrogen-bond donors (Lipinski definition) is 0. The summed E-state index contributed by atoms with van der Waals surface area (Å²) in [4.78, 5) is 0. The van der Waals surface area contributed by atoms with Gasteiger partial charge in [-0.05, 0) is 23.3 Å². The summed E-state index contributed by atoms with van der Waals surface area (Å²) in [5, 5.41) is 0.561. The first-order valence-corrected chi connectivity index (χ1v) is 8.23. The molecule has 0 saturated carbocycles. The molecule has 2 heteroatoms. The van der Waals surface area contributed by atoms with Crippen LogP contribution in [-0.2, 0) is 0 Å². The Morgan fingerprint density at radius 3 is 2.10 bits per heavy atom. The molecule has 10 heavy (non-hydrogen) atoms. The van der Waals surface area contributed by atoms with Crippen molar-refractivity contribution in [1.29, 1.82) is 0 Å². The summed E-state index contributed by atoms with van der Waals surface area (Å²) in [6, 6.07) is 0. The monoisotopic (exact) mass is 272 g/mol. The van der Waals surface area contributed by atoms with Gasteiger partial charge in [0, 0.05) is 0 Å². The first kappa shape index (κ1) is 11.2. The van der Waals surface area contributed by atoms with Gasteiger partial charge >= 0.3 is 0 Å². The Morgan fingerprint density at radius 2 is 1.80 bits per heavy atom. The molecule has 0 fully saturated rings. The van der Waals surface area contributed by atoms with E-state index >= 15 is 0 Å². The quantitative estimate of drug-likeness (QED) is 0.527. The molecule has 0 aliphatic heterocycles. The Morgan fingerprint density at radius 1 is 1.30 bits per heavy atom.